The van der Waals surface area contributed by atoms with E-state index >= 15 is 0 Å². The SMILES string of the molecule is NS(=O)(=O)c1ccc(C2=CC(=S)C(c3cc(Br)cc(Br)c3)C=C2)cc1F. The Bertz CT molecular complexity index is 1060. The van der Waals surface area contributed by atoms with Gasteiger partial charge in [-0.25, -0.2) is 17.9 Å². The Hall–Kier alpha value is -1.19. The van der Waals surface area contributed by atoms with Gasteiger partial charge in [0.05, 0.1) is 0 Å². The van der Waals surface area contributed by atoms with E-state index in [1.54, 1.807) is 6.08 Å². The van der Waals surface area contributed by atoms with Gasteiger partial charge in [-0.2, -0.15) is 0 Å². The number of primary sulfonamides is 1. The fourth-order valence-corrected chi connectivity index (χ4v) is 4.97. The van der Waals surface area contributed by atoms with Crippen LogP contribution in [0.3, 0.4) is 0 Å². The standard InChI is InChI=1S/C18H12Br2FNO2S2/c19-13-5-12(6-14(20)9-13)15-3-1-11(8-17(15)25)10-2-4-18(16(21)7-10)26(22,23)24/h1-9,15H,(H2,22,23,24). The molecule has 0 aliphatic heterocycles. The lowest BCUT2D eigenvalue weighted by Crippen LogP contribution is -2.14. The van der Waals surface area contributed by atoms with Gasteiger partial charge in [0.25, 0.3) is 0 Å². The average Bonchev–Trinajstić information content (AvgIpc) is 2.52. The van der Waals surface area contributed by atoms with Gasteiger partial charge in [-0.05, 0) is 53.1 Å². The lowest BCUT2D eigenvalue weighted by molar-refractivity contribution is 0.568. The molecule has 0 heterocycles. The van der Waals surface area contributed by atoms with E-state index in [2.05, 4.69) is 31.9 Å². The van der Waals surface area contributed by atoms with Gasteiger partial charge in [-0.1, -0.05) is 62.3 Å². The van der Waals surface area contributed by atoms with E-state index in [0.717, 1.165) is 26.6 Å². The number of allylic oxidation sites excluding steroid dienone is 4. The van der Waals surface area contributed by atoms with Crippen molar-refractivity contribution in [3.8, 4) is 0 Å². The molecular weight excluding hydrogens is 505 g/mol. The lowest BCUT2D eigenvalue weighted by atomic mass is 9.88. The van der Waals surface area contributed by atoms with Crippen LogP contribution in [0.15, 0.2) is 68.5 Å². The van der Waals surface area contributed by atoms with Crippen molar-refractivity contribution in [1.82, 2.24) is 0 Å². The predicted molar refractivity (Wildman–Crippen MR) is 112 cm³/mol. The first-order chi connectivity index (χ1) is 12.1. The molecule has 8 heteroatoms. The number of sulfonamides is 1. The average molecular weight is 517 g/mol. The highest BCUT2D eigenvalue weighted by Crippen LogP contribution is 2.33. The van der Waals surface area contributed by atoms with Crippen molar-refractivity contribution < 1.29 is 12.8 Å². The molecule has 134 valence electrons. The van der Waals surface area contributed by atoms with E-state index in [-0.39, 0.29) is 5.92 Å². The summed E-state index contributed by atoms with van der Waals surface area (Å²) in [5, 5.41) is 4.99. The first-order valence-electron chi connectivity index (χ1n) is 7.37. The summed E-state index contributed by atoms with van der Waals surface area (Å²) in [5.74, 6) is -0.959. The van der Waals surface area contributed by atoms with E-state index in [0.29, 0.717) is 16.0 Å². The first kappa shape index (κ1) is 19.6. The van der Waals surface area contributed by atoms with E-state index in [9.17, 15) is 12.8 Å². The molecule has 3 nitrogen and oxygen atoms in total. The molecule has 0 amide bonds. The summed E-state index contributed by atoms with van der Waals surface area (Å²) >= 11 is 12.5. The van der Waals surface area contributed by atoms with Crippen LogP contribution in [-0.4, -0.2) is 13.3 Å². The summed E-state index contributed by atoms with van der Waals surface area (Å²) in [7, 11) is -4.09. The van der Waals surface area contributed by atoms with E-state index in [1.165, 1.54) is 6.07 Å². The second kappa shape index (κ2) is 7.44. The van der Waals surface area contributed by atoms with Gasteiger partial charge in [0, 0.05) is 19.7 Å². The zero-order valence-electron chi connectivity index (χ0n) is 13.1. The van der Waals surface area contributed by atoms with Gasteiger partial charge in [-0.3, -0.25) is 0 Å². The summed E-state index contributed by atoms with van der Waals surface area (Å²) in [5.41, 5.74) is 2.26. The number of nitrogens with two attached hydrogens (primary N) is 1. The molecule has 0 fully saturated rings. The molecule has 2 N–H and O–H groups in total. The number of hydrogen-bond donors (Lipinski definition) is 1. The molecule has 1 aliphatic carbocycles. The Morgan fingerprint density at radius 2 is 1.73 bits per heavy atom. The van der Waals surface area contributed by atoms with Gasteiger partial charge in [0.2, 0.25) is 10.0 Å². The number of rotatable bonds is 3. The van der Waals surface area contributed by atoms with Crippen molar-refractivity contribution in [2.45, 2.75) is 10.8 Å². The van der Waals surface area contributed by atoms with Crippen molar-refractivity contribution in [2.75, 3.05) is 0 Å². The normalized spacial score (nSPS) is 17.3. The second-order valence-electron chi connectivity index (χ2n) is 5.73. The fraction of sp³-hybridized carbons (Fsp3) is 0.0556. The molecule has 0 radical (unpaired) electrons. The van der Waals surface area contributed by atoms with E-state index in [4.69, 9.17) is 17.4 Å². The minimum atomic E-state index is -4.09. The first-order valence-corrected chi connectivity index (χ1v) is 10.9. The zero-order chi connectivity index (χ0) is 19.1. The third-order valence-electron chi connectivity index (χ3n) is 3.89. The molecule has 26 heavy (non-hydrogen) atoms. The summed E-state index contributed by atoms with van der Waals surface area (Å²) in [6.07, 6.45) is 5.58. The molecule has 3 rings (SSSR count). The van der Waals surface area contributed by atoms with Crippen LogP contribution >= 0.6 is 44.1 Å². The van der Waals surface area contributed by atoms with Crippen LogP contribution in [0.4, 0.5) is 4.39 Å². The molecule has 1 atom stereocenters. The van der Waals surface area contributed by atoms with Gasteiger partial charge in [0.1, 0.15) is 10.7 Å². The van der Waals surface area contributed by atoms with Crippen molar-refractivity contribution >= 4 is 64.5 Å². The summed E-state index contributed by atoms with van der Waals surface area (Å²) in [6.45, 7) is 0. The molecule has 0 bridgehead atoms. The highest BCUT2D eigenvalue weighted by Gasteiger charge is 2.20. The quantitative estimate of drug-likeness (QED) is 0.577. The maximum atomic E-state index is 14.1. The molecule has 2 aromatic rings. The fourth-order valence-electron chi connectivity index (χ4n) is 2.71. The molecule has 1 aliphatic rings. The highest BCUT2D eigenvalue weighted by atomic mass is 79.9. The van der Waals surface area contributed by atoms with Gasteiger partial charge < -0.3 is 0 Å². The van der Waals surface area contributed by atoms with Gasteiger partial charge in [0.15, 0.2) is 0 Å². The van der Waals surface area contributed by atoms with Crippen LogP contribution in [0, 0.1) is 5.82 Å². The van der Waals surface area contributed by atoms with Crippen molar-refractivity contribution in [2.24, 2.45) is 5.14 Å². The van der Waals surface area contributed by atoms with Crippen LogP contribution in [0.1, 0.15) is 17.0 Å². The Labute approximate surface area is 173 Å². The second-order valence-corrected chi connectivity index (χ2v) is 9.56. The summed E-state index contributed by atoms with van der Waals surface area (Å²) in [6, 6.07) is 9.74. The van der Waals surface area contributed by atoms with Crippen molar-refractivity contribution in [3.05, 3.63) is 80.5 Å². The zero-order valence-corrected chi connectivity index (χ0v) is 17.9. The van der Waals surface area contributed by atoms with Gasteiger partial charge in [-0.15, -0.1) is 0 Å². The van der Waals surface area contributed by atoms with Crippen LogP contribution in [0.5, 0.6) is 0 Å². The minimum Gasteiger partial charge on any atom is -0.225 e. The Balaban J connectivity index is 1.93. The molecule has 0 saturated heterocycles. The maximum Gasteiger partial charge on any atom is 0.240 e. The molecule has 0 saturated carbocycles. The lowest BCUT2D eigenvalue weighted by Gasteiger charge is -2.19. The molecule has 0 aromatic heterocycles. The largest absolute Gasteiger partial charge is 0.240 e. The number of benzene rings is 2. The summed E-state index contributed by atoms with van der Waals surface area (Å²) < 4.78 is 38.6. The maximum absolute atomic E-state index is 14.1. The predicted octanol–water partition coefficient (Wildman–Crippen LogP) is 5.11. The Morgan fingerprint density at radius 3 is 2.27 bits per heavy atom. The summed E-state index contributed by atoms with van der Waals surface area (Å²) in [4.78, 5) is 0.157. The Morgan fingerprint density at radius 1 is 1.08 bits per heavy atom. The van der Waals surface area contributed by atoms with Crippen molar-refractivity contribution in [3.63, 3.8) is 0 Å². The number of halogens is 3. The van der Waals surface area contributed by atoms with Crippen LogP contribution in [-0.2, 0) is 10.0 Å². The Kier molecular flexibility index (Phi) is 5.60. The monoisotopic (exact) mass is 515 g/mol. The molecule has 1 unspecified atom stereocenters. The third kappa shape index (κ3) is 4.20. The van der Waals surface area contributed by atoms with Gasteiger partial charge >= 0.3 is 0 Å². The van der Waals surface area contributed by atoms with E-state index in [1.807, 2.05) is 30.4 Å². The number of hydrogen-bond acceptors (Lipinski definition) is 3. The van der Waals surface area contributed by atoms with Crippen molar-refractivity contribution in [1.29, 1.82) is 0 Å². The molecule has 2 aromatic carbocycles. The van der Waals surface area contributed by atoms with E-state index < -0.39 is 20.7 Å². The smallest absolute Gasteiger partial charge is 0.225 e. The highest BCUT2D eigenvalue weighted by molar-refractivity contribution is 9.11. The molecule has 0 spiro atoms. The third-order valence-corrected chi connectivity index (χ3v) is 6.12. The minimum absolute atomic E-state index is 0.0731. The molecular formula is C18H12Br2FNO2S2. The van der Waals surface area contributed by atoms with Crippen LogP contribution in [0.25, 0.3) is 5.57 Å². The number of thiocarbonyl (C=S) groups is 1. The van der Waals surface area contributed by atoms with Crippen LogP contribution in [0.2, 0.25) is 0 Å². The van der Waals surface area contributed by atoms with Crippen LogP contribution < -0.4 is 5.14 Å². The topological polar surface area (TPSA) is 60.2 Å².